The lowest BCUT2D eigenvalue weighted by Crippen LogP contribution is -1.82. The van der Waals surface area contributed by atoms with Crippen molar-refractivity contribution >= 4 is 0 Å². The Kier molecular flexibility index (Phi) is 19.3. The van der Waals surface area contributed by atoms with Crippen LogP contribution in [-0.2, 0) is 0 Å². The molecule has 0 spiro atoms. The van der Waals surface area contributed by atoms with E-state index in [4.69, 9.17) is 5.11 Å². The molecule has 1 N–H and O–H groups in total. The lowest BCUT2D eigenvalue weighted by Gasteiger charge is -2.02. The van der Waals surface area contributed by atoms with Crippen LogP contribution in [0.15, 0.2) is 60.9 Å². The summed E-state index contributed by atoms with van der Waals surface area (Å²) in [4.78, 5) is 0. The number of hydrogen-bond acceptors (Lipinski definition) is 1. The van der Waals surface area contributed by atoms with Gasteiger partial charge in [-0.15, -0.1) is 0 Å². The van der Waals surface area contributed by atoms with Crippen molar-refractivity contribution in [3.05, 3.63) is 60.9 Å². The summed E-state index contributed by atoms with van der Waals surface area (Å²) in [5.41, 5.74) is 0. The maximum absolute atomic E-state index is 8.86. The van der Waals surface area contributed by atoms with E-state index < -0.39 is 0 Å². The van der Waals surface area contributed by atoms with Crippen molar-refractivity contribution in [2.45, 2.75) is 90.4 Å². The van der Waals surface area contributed by atoms with Gasteiger partial charge in [0.2, 0.25) is 0 Å². The Morgan fingerprint density at radius 2 is 1.08 bits per heavy atom. The molecule has 0 aromatic heterocycles. The summed E-state index contributed by atoms with van der Waals surface area (Å²) < 4.78 is 0. The molecule has 0 fully saturated rings. The first kappa shape index (κ1) is 23.5. The third kappa shape index (κ3) is 22.5. The molecule has 25 heavy (non-hydrogen) atoms. The molecule has 0 aliphatic heterocycles. The number of rotatable bonds is 17. The van der Waals surface area contributed by atoms with Crippen LogP contribution in [0.3, 0.4) is 0 Å². The van der Waals surface area contributed by atoms with Crippen LogP contribution in [0.1, 0.15) is 90.4 Å². The molecule has 0 rings (SSSR count). The van der Waals surface area contributed by atoms with Crippen molar-refractivity contribution in [3.8, 4) is 0 Å². The van der Waals surface area contributed by atoms with Crippen LogP contribution in [-0.4, -0.2) is 5.11 Å². The van der Waals surface area contributed by atoms with Gasteiger partial charge in [0, 0.05) is 0 Å². The normalized spacial score (nSPS) is 12.4. The fraction of sp³-hybridized carbons (Fsp3) is 0.583. The second-order valence-corrected chi connectivity index (χ2v) is 6.73. The van der Waals surface area contributed by atoms with E-state index in [1.165, 1.54) is 83.5 Å². The number of aliphatic hydroxyl groups is 1. The standard InChI is InChI=1S/C24H40O/c1-3-4-5-6-7-8-9-10-11-12-13-14-15-16-17-18-19-20-21-22-23-24(2)25/h16-23,25H,2-15H2,1H3. The molecule has 0 saturated heterocycles. The van der Waals surface area contributed by atoms with Crippen LogP contribution in [0.25, 0.3) is 0 Å². The van der Waals surface area contributed by atoms with Crippen molar-refractivity contribution in [2.24, 2.45) is 0 Å². The zero-order valence-corrected chi connectivity index (χ0v) is 16.5. The molecule has 0 amide bonds. The average Bonchev–Trinajstić information content (AvgIpc) is 2.60. The number of aliphatic hydroxyl groups excluding tert-OH is 1. The van der Waals surface area contributed by atoms with Gasteiger partial charge in [-0.2, -0.15) is 0 Å². The van der Waals surface area contributed by atoms with Gasteiger partial charge in [-0.1, -0.05) is 127 Å². The first-order chi connectivity index (χ1) is 12.3. The van der Waals surface area contributed by atoms with Gasteiger partial charge in [-0.3, -0.25) is 0 Å². The highest BCUT2D eigenvalue weighted by Gasteiger charge is 1.92. The molecule has 0 aromatic rings. The van der Waals surface area contributed by atoms with E-state index in [2.05, 4.69) is 25.7 Å². The Hall–Kier alpha value is -1.50. The summed E-state index contributed by atoms with van der Waals surface area (Å²) in [6.45, 7) is 5.66. The highest BCUT2D eigenvalue weighted by Crippen LogP contribution is 2.12. The Bertz CT molecular complexity index is 398. The van der Waals surface area contributed by atoms with Crippen LogP contribution in [0.5, 0.6) is 0 Å². The van der Waals surface area contributed by atoms with Gasteiger partial charge in [0.15, 0.2) is 0 Å². The number of allylic oxidation sites excluding steroid dienone is 8. The monoisotopic (exact) mass is 344 g/mol. The van der Waals surface area contributed by atoms with E-state index in [-0.39, 0.29) is 5.76 Å². The maximum Gasteiger partial charge on any atom is 0.108 e. The molecule has 0 atom stereocenters. The smallest absolute Gasteiger partial charge is 0.108 e. The van der Waals surface area contributed by atoms with Gasteiger partial charge in [-0.05, 0) is 18.9 Å². The fourth-order valence-corrected chi connectivity index (χ4v) is 2.70. The van der Waals surface area contributed by atoms with Crippen LogP contribution in [0.2, 0.25) is 0 Å². The largest absolute Gasteiger partial charge is 0.509 e. The Labute approximate surface area is 156 Å². The van der Waals surface area contributed by atoms with Crippen molar-refractivity contribution in [2.75, 3.05) is 0 Å². The maximum atomic E-state index is 8.86. The van der Waals surface area contributed by atoms with Gasteiger partial charge in [0.05, 0.1) is 0 Å². The van der Waals surface area contributed by atoms with E-state index in [1.54, 1.807) is 12.2 Å². The molecule has 0 saturated carbocycles. The molecule has 0 radical (unpaired) electrons. The van der Waals surface area contributed by atoms with Crippen molar-refractivity contribution in [1.29, 1.82) is 0 Å². The van der Waals surface area contributed by atoms with Crippen molar-refractivity contribution < 1.29 is 5.11 Å². The van der Waals surface area contributed by atoms with E-state index in [9.17, 15) is 0 Å². The van der Waals surface area contributed by atoms with Gasteiger partial charge in [0.1, 0.15) is 5.76 Å². The minimum absolute atomic E-state index is 0.0796. The van der Waals surface area contributed by atoms with Gasteiger partial charge < -0.3 is 5.11 Å². The second-order valence-electron chi connectivity index (χ2n) is 6.73. The molecular weight excluding hydrogens is 304 g/mol. The molecule has 142 valence electrons. The van der Waals surface area contributed by atoms with Crippen LogP contribution in [0.4, 0.5) is 0 Å². The highest BCUT2D eigenvalue weighted by molar-refractivity contribution is 5.18. The Balaban J connectivity index is 3.28. The number of hydrogen-bond donors (Lipinski definition) is 1. The van der Waals surface area contributed by atoms with Gasteiger partial charge >= 0.3 is 0 Å². The molecule has 0 unspecified atom stereocenters. The van der Waals surface area contributed by atoms with E-state index in [0.717, 1.165) is 0 Å². The molecule has 1 heteroatoms. The molecule has 0 aliphatic rings. The third-order valence-corrected chi connectivity index (χ3v) is 4.20. The minimum Gasteiger partial charge on any atom is -0.509 e. The molecule has 1 nitrogen and oxygen atoms in total. The average molecular weight is 345 g/mol. The lowest BCUT2D eigenvalue weighted by atomic mass is 10.0. The first-order valence-corrected chi connectivity index (χ1v) is 10.3. The summed E-state index contributed by atoms with van der Waals surface area (Å²) in [6.07, 6.45) is 33.6. The van der Waals surface area contributed by atoms with Crippen LogP contribution >= 0.6 is 0 Å². The van der Waals surface area contributed by atoms with Crippen LogP contribution < -0.4 is 0 Å². The summed E-state index contributed by atoms with van der Waals surface area (Å²) in [5.74, 6) is 0.0796. The third-order valence-electron chi connectivity index (χ3n) is 4.20. The Morgan fingerprint density at radius 1 is 0.640 bits per heavy atom. The fourth-order valence-electron chi connectivity index (χ4n) is 2.70. The van der Waals surface area contributed by atoms with E-state index in [1.807, 2.05) is 24.3 Å². The molecule has 0 heterocycles. The van der Waals surface area contributed by atoms with Crippen molar-refractivity contribution in [3.63, 3.8) is 0 Å². The highest BCUT2D eigenvalue weighted by atomic mass is 16.3. The summed E-state index contributed by atoms with van der Waals surface area (Å²) >= 11 is 0. The zero-order chi connectivity index (χ0) is 18.4. The van der Waals surface area contributed by atoms with E-state index in [0.29, 0.717) is 0 Å². The summed E-state index contributed by atoms with van der Waals surface area (Å²) in [5, 5.41) is 8.86. The lowest BCUT2D eigenvalue weighted by molar-refractivity contribution is 0.435. The van der Waals surface area contributed by atoms with Crippen LogP contribution in [0, 0.1) is 0 Å². The van der Waals surface area contributed by atoms with Gasteiger partial charge in [-0.25, -0.2) is 0 Å². The number of unbranched alkanes of at least 4 members (excludes halogenated alkanes) is 12. The predicted octanol–water partition coefficient (Wildman–Crippen LogP) is 8.37. The van der Waals surface area contributed by atoms with Gasteiger partial charge in [0.25, 0.3) is 0 Å². The summed E-state index contributed by atoms with van der Waals surface area (Å²) in [6, 6.07) is 0. The quantitative estimate of drug-likeness (QED) is 0.159. The van der Waals surface area contributed by atoms with Crippen molar-refractivity contribution in [1.82, 2.24) is 0 Å². The SMILES string of the molecule is C=C(O)C=CC=CC=CC=CCCCCCCCCCCCCCC. The predicted molar refractivity (Wildman–Crippen MR) is 114 cm³/mol. The molecule has 0 aromatic carbocycles. The molecule has 0 bridgehead atoms. The van der Waals surface area contributed by atoms with E-state index >= 15 is 0 Å². The summed E-state index contributed by atoms with van der Waals surface area (Å²) in [7, 11) is 0. The molecular formula is C24H40O. The first-order valence-electron chi connectivity index (χ1n) is 10.3. The molecule has 0 aliphatic carbocycles. The second kappa shape index (κ2) is 20.5. The zero-order valence-electron chi connectivity index (χ0n) is 16.5. The Morgan fingerprint density at radius 3 is 1.60 bits per heavy atom. The minimum atomic E-state index is 0.0796. The topological polar surface area (TPSA) is 20.2 Å².